The lowest BCUT2D eigenvalue weighted by Crippen LogP contribution is -2.12. The summed E-state index contributed by atoms with van der Waals surface area (Å²) in [6.45, 7) is 0. The first-order valence-electron chi connectivity index (χ1n) is 7.77. The maximum Gasteiger partial charge on any atom is 0.417 e. The summed E-state index contributed by atoms with van der Waals surface area (Å²) in [5.41, 5.74) is -0.0937. The molecule has 0 radical (unpaired) electrons. The molecule has 0 saturated carbocycles. The van der Waals surface area contributed by atoms with Crippen molar-refractivity contribution in [2.45, 2.75) is 11.1 Å². The minimum atomic E-state index is -4.51. The molecule has 2 N–H and O–H groups in total. The summed E-state index contributed by atoms with van der Waals surface area (Å²) in [6, 6.07) is 6.95. The highest BCUT2D eigenvalue weighted by Crippen LogP contribution is 2.29. The van der Waals surface area contributed by atoms with Crippen molar-refractivity contribution in [3.8, 4) is 5.82 Å². The Bertz CT molecular complexity index is 1250. The van der Waals surface area contributed by atoms with Gasteiger partial charge in [0.1, 0.15) is 4.90 Å². The van der Waals surface area contributed by atoms with Crippen LogP contribution in [0.4, 0.5) is 18.9 Å². The SMILES string of the molecule is O=S(=O)(Nc1cccc2cn[nH]c12)c1cnn(-c2ccc(C(F)(F)F)cn2)c1. The van der Waals surface area contributed by atoms with E-state index >= 15 is 0 Å². The molecule has 0 aliphatic heterocycles. The molecule has 0 unspecified atom stereocenters. The summed E-state index contributed by atoms with van der Waals surface area (Å²) >= 11 is 0. The number of alkyl halides is 3. The lowest BCUT2D eigenvalue weighted by atomic mass is 10.2. The molecule has 0 aliphatic rings. The van der Waals surface area contributed by atoms with Gasteiger partial charge in [0.25, 0.3) is 10.0 Å². The van der Waals surface area contributed by atoms with Gasteiger partial charge in [0.05, 0.1) is 35.4 Å². The van der Waals surface area contributed by atoms with Gasteiger partial charge in [-0.15, -0.1) is 0 Å². The van der Waals surface area contributed by atoms with Crippen LogP contribution in [0.15, 0.2) is 60.0 Å². The van der Waals surface area contributed by atoms with Crippen LogP contribution in [0.5, 0.6) is 0 Å². The predicted molar refractivity (Wildman–Crippen MR) is 93.3 cm³/mol. The van der Waals surface area contributed by atoms with Crippen molar-refractivity contribution in [3.63, 3.8) is 0 Å². The molecule has 28 heavy (non-hydrogen) atoms. The normalized spacial score (nSPS) is 12.4. The number of sulfonamides is 1. The van der Waals surface area contributed by atoms with E-state index in [2.05, 4.69) is 25.0 Å². The van der Waals surface area contributed by atoms with Crippen LogP contribution in [0.3, 0.4) is 0 Å². The van der Waals surface area contributed by atoms with E-state index in [0.29, 0.717) is 17.4 Å². The van der Waals surface area contributed by atoms with E-state index in [0.717, 1.165) is 34.6 Å². The number of benzene rings is 1. The Morgan fingerprint density at radius 1 is 1.07 bits per heavy atom. The number of anilines is 1. The molecule has 12 heteroatoms. The smallest absolute Gasteiger partial charge is 0.277 e. The van der Waals surface area contributed by atoms with Crippen LogP contribution in [0.2, 0.25) is 0 Å². The molecule has 0 atom stereocenters. The summed E-state index contributed by atoms with van der Waals surface area (Å²) in [6.07, 6.45) is -0.0641. The van der Waals surface area contributed by atoms with Crippen LogP contribution in [0.1, 0.15) is 5.56 Å². The van der Waals surface area contributed by atoms with Crippen molar-refractivity contribution in [1.29, 1.82) is 0 Å². The molecule has 1 aromatic carbocycles. The van der Waals surface area contributed by atoms with E-state index < -0.39 is 21.8 Å². The summed E-state index contributed by atoms with van der Waals surface area (Å²) in [5, 5.41) is 11.2. The lowest BCUT2D eigenvalue weighted by molar-refractivity contribution is -0.137. The van der Waals surface area contributed by atoms with Crippen molar-refractivity contribution in [1.82, 2.24) is 25.0 Å². The largest absolute Gasteiger partial charge is 0.417 e. The fourth-order valence-electron chi connectivity index (χ4n) is 2.52. The maximum atomic E-state index is 12.6. The van der Waals surface area contributed by atoms with Crippen LogP contribution < -0.4 is 4.72 Å². The summed E-state index contributed by atoms with van der Waals surface area (Å²) < 4.78 is 66.6. The minimum absolute atomic E-state index is 0.0464. The van der Waals surface area contributed by atoms with Gasteiger partial charge in [0, 0.05) is 11.6 Å². The molecule has 3 aromatic heterocycles. The number of pyridine rings is 1. The molecule has 4 aromatic rings. The van der Waals surface area contributed by atoms with Gasteiger partial charge in [-0.25, -0.2) is 18.1 Å². The number of halogens is 3. The van der Waals surface area contributed by atoms with Crippen molar-refractivity contribution in [2.24, 2.45) is 0 Å². The van der Waals surface area contributed by atoms with Crippen LogP contribution >= 0.6 is 0 Å². The van der Waals surface area contributed by atoms with Crippen molar-refractivity contribution >= 4 is 26.6 Å². The topological polar surface area (TPSA) is 106 Å². The highest BCUT2D eigenvalue weighted by molar-refractivity contribution is 7.92. The fraction of sp³-hybridized carbons (Fsp3) is 0.0625. The Morgan fingerprint density at radius 3 is 2.61 bits per heavy atom. The predicted octanol–water partition coefficient (Wildman–Crippen LogP) is 2.96. The molecule has 3 heterocycles. The minimum Gasteiger partial charge on any atom is -0.277 e. The highest BCUT2D eigenvalue weighted by Gasteiger charge is 2.30. The van der Waals surface area contributed by atoms with E-state index in [1.807, 2.05) is 0 Å². The summed E-state index contributed by atoms with van der Waals surface area (Å²) in [7, 11) is -3.99. The zero-order chi connectivity index (χ0) is 19.9. The maximum absolute atomic E-state index is 12.6. The Morgan fingerprint density at radius 2 is 1.89 bits per heavy atom. The van der Waals surface area contributed by atoms with Crippen LogP contribution in [-0.2, 0) is 16.2 Å². The standard InChI is InChI=1S/C16H11F3N6O2S/c17-16(18,19)11-4-5-14(20-7-11)25-9-12(8-22-25)28(26,27)24-13-3-1-2-10-6-21-23-15(10)13/h1-9,24H,(H,21,23). The first kappa shape index (κ1) is 18.0. The number of nitrogens with zero attached hydrogens (tertiary/aromatic N) is 4. The van der Waals surface area contributed by atoms with E-state index in [9.17, 15) is 21.6 Å². The van der Waals surface area contributed by atoms with Gasteiger partial charge in [-0.3, -0.25) is 9.82 Å². The molecule has 0 aliphatic carbocycles. The van der Waals surface area contributed by atoms with Gasteiger partial charge in [0.15, 0.2) is 5.82 Å². The molecule has 8 nitrogen and oxygen atoms in total. The quantitative estimate of drug-likeness (QED) is 0.540. The number of para-hydroxylation sites is 1. The third-order valence-corrected chi connectivity index (χ3v) is 5.22. The van der Waals surface area contributed by atoms with E-state index in [4.69, 9.17) is 0 Å². The molecule has 0 fully saturated rings. The van der Waals surface area contributed by atoms with Gasteiger partial charge in [0.2, 0.25) is 0 Å². The highest BCUT2D eigenvalue weighted by atomic mass is 32.2. The second-order valence-corrected chi connectivity index (χ2v) is 7.45. The average molecular weight is 408 g/mol. The van der Waals surface area contributed by atoms with Gasteiger partial charge in [-0.05, 0) is 18.2 Å². The van der Waals surface area contributed by atoms with Crippen molar-refractivity contribution in [2.75, 3.05) is 4.72 Å². The zero-order valence-electron chi connectivity index (χ0n) is 13.8. The number of nitrogens with one attached hydrogen (secondary N) is 2. The van der Waals surface area contributed by atoms with E-state index in [1.165, 1.54) is 0 Å². The number of aromatic nitrogens is 5. The zero-order valence-corrected chi connectivity index (χ0v) is 14.7. The Hall–Kier alpha value is -3.41. The number of hydrogen-bond acceptors (Lipinski definition) is 5. The monoisotopic (exact) mass is 408 g/mol. The number of hydrogen-bond donors (Lipinski definition) is 2. The Kier molecular flexibility index (Phi) is 4.07. The molecular weight excluding hydrogens is 397 g/mol. The molecule has 144 valence electrons. The molecule has 4 rings (SSSR count). The van der Waals surface area contributed by atoms with Crippen molar-refractivity contribution < 1.29 is 21.6 Å². The molecule has 0 bridgehead atoms. The van der Waals surface area contributed by atoms with Gasteiger partial charge < -0.3 is 0 Å². The number of aromatic amines is 1. The lowest BCUT2D eigenvalue weighted by Gasteiger charge is -2.07. The summed E-state index contributed by atoms with van der Waals surface area (Å²) in [4.78, 5) is 3.51. The van der Waals surface area contributed by atoms with Crippen molar-refractivity contribution in [3.05, 3.63) is 60.7 Å². The number of rotatable bonds is 4. The van der Waals surface area contributed by atoms with Gasteiger partial charge in [-0.1, -0.05) is 12.1 Å². The second kappa shape index (κ2) is 6.34. The second-order valence-electron chi connectivity index (χ2n) is 5.77. The first-order valence-corrected chi connectivity index (χ1v) is 9.25. The Balaban J connectivity index is 1.62. The third kappa shape index (κ3) is 3.29. The molecule has 0 spiro atoms. The molecular formula is C16H11F3N6O2S. The van der Waals surface area contributed by atoms with Gasteiger partial charge in [-0.2, -0.15) is 23.4 Å². The fourth-order valence-corrected chi connectivity index (χ4v) is 3.52. The Labute approximate surface area is 156 Å². The van der Waals surface area contributed by atoms with E-state index in [-0.39, 0.29) is 10.7 Å². The van der Waals surface area contributed by atoms with Crippen LogP contribution in [0, 0.1) is 0 Å². The first-order chi connectivity index (χ1) is 13.2. The number of H-pyrrole nitrogens is 1. The third-order valence-electron chi connectivity index (χ3n) is 3.90. The van der Waals surface area contributed by atoms with Gasteiger partial charge >= 0.3 is 6.18 Å². The average Bonchev–Trinajstić information content (AvgIpc) is 3.31. The summed E-state index contributed by atoms with van der Waals surface area (Å²) in [5.74, 6) is 0.0464. The van der Waals surface area contributed by atoms with Crippen LogP contribution in [0.25, 0.3) is 16.7 Å². The van der Waals surface area contributed by atoms with Crippen LogP contribution in [-0.4, -0.2) is 33.4 Å². The number of fused-ring (bicyclic) bond motifs is 1. The molecule has 0 amide bonds. The van der Waals surface area contributed by atoms with E-state index in [1.54, 1.807) is 24.4 Å². The molecule has 0 saturated heterocycles.